The highest BCUT2D eigenvalue weighted by Crippen LogP contribution is 2.23. The number of nitrogens with zero attached hydrogens (tertiary/aromatic N) is 4. The standard InChI is InChI=1S/C20H22Cl2N6O.HI/c1-2-23-20(24-11-18(29)14-8-15(21)10-16(22)9-14)25-12-19-27-26-13-28(19)17-6-4-3-5-7-17;/h3-10,13,18,29H,2,11-12H2,1H3,(H2,23,24,25);1H. The summed E-state index contributed by atoms with van der Waals surface area (Å²) in [5.41, 5.74) is 1.60. The summed E-state index contributed by atoms with van der Waals surface area (Å²) < 4.78 is 1.88. The molecule has 0 aliphatic heterocycles. The average Bonchev–Trinajstić information content (AvgIpc) is 3.18. The van der Waals surface area contributed by atoms with Crippen LogP contribution in [0.4, 0.5) is 0 Å². The number of para-hydroxylation sites is 1. The highest BCUT2D eigenvalue weighted by molar-refractivity contribution is 14.0. The number of aliphatic hydroxyl groups is 1. The number of guanidine groups is 1. The SMILES string of the molecule is CCNC(=NCc1nncn1-c1ccccc1)NCC(O)c1cc(Cl)cc(Cl)c1.I. The van der Waals surface area contributed by atoms with Gasteiger partial charge in [-0.15, -0.1) is 34.2 Å². The van der Waals surface area contributed by atoms with Crippen LogP contribution in [0.1, 0.15) is 24.4 Å². The monoisotopic (exact) mass is 560 g/mol. The van der Waals surface area contributed by atoms with E-state index in [0.29, 0.717) is 40.5 Å². The van der Waals surface area contributed by atoms with Crippen molar-refractivity contribution in [1.29, 1.82) is 0 Å². The van der Waals surface area contributed by atoms with Gasteiger partial charge in [0.15, 0.2) is 11.8 Å². The fraction of sp³-hybridized carbons (Fsp3) is 0.250. The zero-order valence-corrected chi connectivity index (χ0v) is 20.1. The van der Waals surface area contributed by atoms with Crippen LogP contribution < -0.4 is 10.6 Å². The van der Waals surface area contributed by atoms with Crippen molar-refractivity contribution in [3.63, 3.8) is 0 Å². The van der Waals surface area contributed by atoms with Crippen molar-refractivity contribution in [2.24, 2.45) is 4.99 Å². The van der Waals surface area contributed by atoms with Crippen LogP contribution in [0.15, 0.2) is 59.9 Å². The Bertz CT molecular complexity index is 947. The first-order chi connectivity index (χ1) is 14.1. The molecule has 160 valence electrons. The van der Waals surface area contributed by atoms with Crippen LogP contribution in [0.2, 0.25) is 10.0 Å². The Labute approximate surface area is 202 Å². The summed E-state index contributed by atoms with van der Waals surface area (Å²) in [7, 11) is 0. The quantitative estimate of drug-likeness (QED) is 0.231. The van der Waals surface area contributed by atoms with Crippen molar-refractivity contribution in [3.8, 4) is 5.69 Å². The number of hydrogen-bond donors (Lipinski definition) is 3. The van der Waals surface area contributed by atoms with E-state index < -0.39 is 6.10 Å². The van der Waals surface area contributed by atoms with Crippen molar-refractivity contribution >= 4 is 53.1 Å². The van der Waals surface area contributed by atoms with Crippen LogP contribution in [0, 0.1) is 0 Å². The van der Waals surface area contributed by atoms with Crippen molar-refractivity contribution in [3.05, 3.63) is 76.3 Å². The van der Waals surface area contributed by atoms with E-state index in [0.717, 1.165) is 5.69 Å². The van der Waals surface area contributed by atoms with E-state index in [1.165, 1.54) is 0 Å². The van der Waals surface area contributed by atoms with E-state index in [1.807, 2.05) is 41.8 Å². The van der Waals surface area contributed by atoms with Crippen LogP contribution in [0.3, 0.4) is 0 Å². The van der Waals surface area contributed by atoms with Crippen LogP contribution in [0.25, 0.3) is 5.69 Å². The van der Waals surface area contributed by atoms with Gasteiger partial charge in [-0.2, -0.15) is 0 Å². The molecule has 1 heterocycles. The number of halogens is 3. The lowest BCUT2D eigenvalue weighted by Gasteiger charge is -2.16. The molecule has 3 rings (SSSR count). The zero-order chi connectivity index (χ0) is 20.6. The Morgan fingerprint density at radius 1 is 1.13 bits per heavy atom. The lowest BCUT2D eigenvalue weighted by molar-refractivity contribution is 0.181. The van der Waals surface area contributed by atoms with Gasteiger partial charge in [0.05, 0.1) is 6.10 Å². The molecule has 0 aliphatic rings. The first kappa shape index (κ1) is 24.4. The van der Waals surface area contributed by atoms with Crippen LogP contribution >= 0.6 is 47.2 Å². The highest BCUT2D eigenvalue weighted by atomic mass is 127. The molecule has 0 aliphatic carbocycles. The third kappa shape index (κ3) is 6.83. The Balaban J connectivity index is 0.00000320. The number of rotatable bonds is 7. The molecule has 7 nitrogen and oxygen atoms in total. The Hall–Kier alpha value is -1.88. The zero-order valence-electron chi connectivity index (χ0n) is 16.3. The van der Waals surface area contributed by atoms with E-state index in [1.54, 1.807) is 24.5 Å². The van der Waals surface area contributed by atoms with E-state index in [9.17, 15) is 5.11 Å². The maximum Gasteiger partial charge on any atom is 0.191 e. The van der Waals surface area contributed by atoms with Crippen LogP contribution in [0.5, 0.6) is 0 Å². The van der Waals surface area contributed by atoms with Gasteiger partial charge in [-0.25, -0.2) is 4.99 Å². The fourth-order valence-electron chi connectivity index (χ4n) is 2.74. The average molecular weight is 561 g/mol. The molecule has 0 fully saturated rings. The number of nitrogens with one attached hydrogen (secondary N) is 2. The molecule has 3 N–H and O–H groups in total. The molecule has 0 saturated heterocycles. The Morgan fingerprint density at radius 2 is 1.83 bits per heavy atom. The topological polar surface area (TPSA) is 87.4 Å². The van der Waals surface area contributed by atoms with Crippen molar-refractivity contribution < 1.29 is 5.11 Å². The van der Waals surface area contributed by atoms with Gasteiger partial charge in [0, 0.05) is 28.8 Å². The molecule has 0 amide bonds. The summed E-state index contributed by atoms with van der Waals surface area (Å²) in [6, 6.07) is 14.8. The Kier molecular flexibility index (Phi) is 9.83. The van der Waals surface area contributed by atoms with Gasteiger partial charge in [0.25, 0.3) is 0 Å². The van der Waals surface area contributed by atoms with Gasteiger partial charge in [0.1, 0.15) is 12.9 Å². The highest BCUT2D eigenvalue weighted by Gasteiger charge is 2.11. The van der Waals surface area contributed by atoms with E-state index >= 15 is 0 Å². The van der Waals surface area contributed by atoms with Crippen molar-refractivity contribution in [1.82, 2.24) is 25.4 Å². The van der Waals surface area contributed by atoms with Crippen molar-refractivity contribution in [2.45, 2.75) is 19.6 Å². The normalized spacial score (nSPS) is 12.2. The predicted molar refractivity (Wildman–Crippen MR) is 131 cm³/mol. The molecule has 0 radical (unpaired) electrons. The van der Waals surface area contributed by atoms with Gasteiger partial charge < -0.3 is 15.7 Å². The molecule has 1 atom stereocenters. The van der Waals surface area contributed by atoms with Crippen molar-refractivity contribution in [2.75, 3.05) is 13.1 Å². The van der Waals surface area contributed by atoms with Gasteiger partial charge in [0.2, 0.25) is 0 Å². The molecule has 1 unspecified atom stereocenters. The summed E-state index contributed by atoms with van der Waals surface area (Å²) in [5, 5.41) is 25.8. The first-order valence-corrected chi connectivity index (χ1v) is 9.93. The largest absolute Gasteiger partial charge is 0.387 e. The third-order valence-corrected chi connectivity index (χ3v) is 4.54. The van der Waals surface area contributed by atoms with Crippen LogP contribution in [-0.2, 0) is 6.54 Å². The van der Waals surface area contributed by atoms with E-state index in [4.69, 9.17) is 23.2 Å². The number of hydrogen-bond acceptors (Lipinski definition) is 4. The summed E-state index contributed by atoms with van der Waals surface area (Å²) >= 11 is 12.0. The molecule has 30 heavy (non-hydrogen) atoms. The molecule has 1 aromatic heterocycles. The lowest BCUT2D eigenvalue weighted by atomic mass is 10.1. The summed E-state index contributed by atoms with van der Waals surface area (Å²) in [6.07, 6.45) is 0.871. The second-order valence-electron chi connectivity index (χ2n) is 6.25. The van der Waals surface area contributed by atoms with Crippen LogP contribution in [-0.4, -0.2) is 38.9 Å². The fourth-order valence-corrected chi connectivity index (χ4v) is 3.28. The van der Waals surface area contributed by atoms with E-state index in [2.05, 4.69) is 25.8 Å². The lowest BCUT2D eigenvalue weighted by Crippen LogP contribution is -2.39. The minimum Gasteiger partial charge on any atom is -0.387 e. The number of aliphatic hydroxyl groups excluding tert-OH is 1. The summed E-state index contributed by atoms with van der Waals surface area (Å²) in [4.78, 5) is 4.55. The summed E-state index contributed by atoms with van der Waals surface area (Å²) in [6.45, 7) is 3.21. The molecular weight excluding hydrogens is 538 g/mol. The molecule has 0 bridgehead atoms. The predicted octanol–water partition coefficient (Wildman–Crippen LogP) is 3.98. The minimum atomic E-state index is -0.789. The number of aromatic nitrogens is 3. The second-order valence-corrected chi connectivity index (χ2v) is 7.12. The molecule has 0 spiro atoms. The maximum absolute atomic E-state index is 10.4. The third-order valence-electron chi connectivity index (χ3n) is 4.11. The van der Waals surface area contributed by atoms with Gasteiger partial charge in [-0.3, -0.25) is 4.57 Å². The molecule has 2 aromatic carbocycles. The van der Waals surface area contributed by atoms with Gasteiger partial charge in [-0.05, 0) is 42.8 Å². The summed E-state index contributed by atoms with van der Waals surface area (Å²) in [5.74, 6) is 1.26. The molecule has 3 aromatic rings. The molecule has 10 heteroatoms. The smallest absolute Gasteiger partial charge is 0.191 e. The van der Waals surface area contributed by atoms with Gasteiger partial charge in [-0.1, -0.05) is 41.4 Å². The van der Waals surface area contributed by atoms with E-state index in [-0.39, 0.29) is 30.5 Å². The van der Waals surface area contributed by atoms with Gasteiger partial charge >= 0.3 is 0 Å². The minimum absolute atomic E-state index is 0. The maximum atomic E-state index is 10.4. The molecular formula is C20H23Cl2IN6O. The first-order valence-electron chi connectivity index (χ1n) is 9.17. The molecule has 0 saturated carbocycles. The second kappa shape index (κ2) is 12.1. The Morgan fingerprint density at radius 3 is 2.50 bits per heavy atom. The number of benzene rings is 2. The number of aliphatic imine (C=N–C) groups is 1.